The molecule has 1 aromatic rings. The SMILES string of the molecule is CCS(=O)(=O)N1CCC(Nc2cc(F)ccc2[N+](=O)[O-])CC1. The van der Waals surface area contributed by atoms with Crippen LogP contribution >= 0.6 is 0 Å². The lowest BCUT2D eigenvalue weighted by Gasteiger charge is -2.31. The molecule has 22 heavy (non-hydrogen) atoms. The minimum absolute atomic E-state index is 0.0560. The molecule has 0 bridgehead atoms. The van der Waals surface area contributed by atoms with Crippen LogP contribution in [-0.4, -0.2) is 42.5 Å². The van der Waals surface area contributed by atoms with Crippen LogP contribution in [0.3, 0.4) is 0 Å². The van der Waals surface area contributed by atoms with Gasteiger partial charge in [-0.05, 0) is 25.8 Å². The van der Waals surface area contributed by atoms with Gasteiger partial charge in [0, 0.05) is 31.3 Å². The summed E-state index contributed by atoms with van der Waals surface area (Å²) in [5.74, 6) is -0.500. The molecular weight excluding hydrogens is 313 g/mol. The molecule has 1 aliphatic rings. The van der Waals surface area contributed by atoms with Gasteiger partial charge in [-0.1, -0.05) is 0 Å². The Morgan fingerprint density at radius 2 is 2.05 bits per heavy atom. The molecule has 1 N–H and O–H groups in total. The van der Waals surface area contributed by atoms with Crippen LogP contribution in [0, 0.1) is 15.9 Å². The van der Waals surface area contributed by atoms with Crippen molar-refractivity contribution in [3.8, 4) is 0 Å². The van der Waals surface area contributed by atoms with Crippen molar-refractivity contribution in [2.75, 3.05) is 24.2 Å². The summed E-state index contributed by atoms with van der Waals surface area (Å²) in [5.41, 5.74) is -0.0631. The Balaban J connectivity index is 2.05. The highest BCUT2D eigenvalue weighted by atomic mass is 32.2. The van der Waals surface area contributed by atoms with Crippen molar-refractivity contribution < 1.29 is 17.7 Å². The fourth-order valence-electron chi connectivity index (χ4n) is 2.46. The molecule has 1 aliphatic heterocycles. The van der Waals surface area contributed by atoms with E-state index in [1.165, 1.54) is 4.31 Å². The summed E-state index contributed by atoms with van der Waals surface area (Å²) in [6, 6.07) is 3.13. The first-order valence-corrected chi connectivity index (χ1v) is 8.62. The van der Waals surface area contributed by atoms with Gasteiger partial charge in [0.05, 0.1) is 10.7 Å². The van der Waals surface area contributed by atoms with E-state index in [9.17, 15) is 22.9 Å². The van der Waals surface area contributed by atoms with Crippen molar-refractivity contribution >= 4 is 21.4 Å². The van der Waals surface area contributed by atoms with E-state index in [1.54, 1.807) is 6.92 Å². The Hall–Kier alpha value is -1.74. The van der Waals surface area contributed by atoms with Gasteiger partial charge in [0.2, 0.25) is 10.0 Å². The molecule has 0 amide bonds. The van der Waals surface area contributed by atoms with Crippen molar-refractivity contribution in [3.05, 3.63) is 34.1 Å². The Labute approximate surface area is 128 Å². The first-order valence-electron chi connectivity index (χ1n) is 7.02. The van der Waals surface area contributed by atoms with Gasteiger partial charge >= 0.3 is 0 Å². The maximum absolute atomic E-state index is 13.3. The number of piperidine rings is 1. The number of nitrogens with zero attached hydrogens (tertiary/aromatic N) is 2. The van der Waals surface area contributed by atoms with Crippen molar-refractivity contribution in [3.63, 3.8) is 0 Å². The van der Waals surface area contributed by atoms with Crippen LogP contribution in [0.15, 0.2) is 18.2 Å². The highest BCUT2D eigenvalue weighted by Gasteiger charge is 2.27. The number of halogens is 1. The van der Waals surface area contributed by atoms with Gasteiger partial charge in [0.1, 0.15) is 11.5 Å². The van der Waals surface area contributed by atoms with E-state index in [2.05, 4.69) is 5.32 Å². The normalized spacial score (nSPS) is 17.4. The zero-order valence-electron chi connectivity index (χ0n) is 12.2. The average Bonchev–Trinajstić information content (AvgIpc) is 2.47. The van der Waals surface area contributed by atoms with Crippen molar-refractivity contribution in [1.29, 1.82) is 0 Å². The number of nitro benzene ring substituents is 1. The molecule has 0 aromatic heterocycles. The molecule has 1 heterocycles. The Kier molecular flexibility index (Phi) is 4.97. The van der Waals surface area contributed by atoms with E-state index in [1.807, 2.05) is 0 Å². The molecule has 0 unspecified atom stereocenters. The molecule has 7 nitrogen and oxygen atoms in total. The molecule has 0 atom stereocenters. The molecule has 1 aromatic carbocycles. The first kappa shape index (κ1) is 16.6. The van der Waals surface area contributed by atoms with E-state index in [-0.39, 0.29) is 23.2 Å². The predicted octanol–water partition coefficient (Wildman–Crippen LogP) is 1.96. The Morgan fingerprint density at radius 3 is 2.59 bits per heavy atom. The lowest BCUT2D eigenvalue weighted by Crippen LogP contribution is -2.43. The highest BCUT2D eigenvalue weighted by Crippen LogP contribution is 2.27. The summed E-state index contributed by atoms with van der Waals surface area (Å²) in [4.78, 5) is 10.4. The highest BCUT2D eigenvalue weighted by molar-refractivity contribution is 7.89. The fraction of sp³-hybridized carbons (Fsp3) is 0.538. The quantitative estimate of drug-likeness (QED) is 0.658. The molecule has 1 fully saturated rings. The minimum atomic E-state index is -3.21. The van der Waals surface area contributed by atoms with E-state index in [4.69, 9.17) is 0 Å². The van der Waals surface area contributed by atoms with Crippen LogP contribution in [0.25, 0.3) is 0 Å². The zero-order chi connectivity index (χ0) is 16.3. The third kappa shape index (κ3) is 3.72. The third-order valence-corrected chi connectivity index (χ3v) is 5.61. The van der Waals surface area contributed by atoms with Crippen molar-refractivity contribution in [1.82, 2.24) is 4.31 Å². The van der Waals surface area contributed by atoms with Gasteiger partial charge in [-0.15, -0.1) is 0 Å². The summed E-state index contributed by atoms with van der Waals surface area (Å²) >= 11 is 0. The second-order valence-corrected chi connectivity index (χ2v) is 7.39. The number of benzene rings is 1. The molecule has 0 saturated carbocycles. The van der Waals surface area contributed by atoms with E-state index in [0.29, 0.717) is 25.9 Å². The molecule has 9 heteroatoms. The number of nitro groups is 1. The van der Waals surface area contributed by atoms with Gasteiger partial charge < -0.3 is 5.32 Å². The molecule has 0 spiro atoms. The van der Waals surface area contributed by atoms with Gasteiger partial charge in [0.15, 0.2) is 0 Å². The predicted molar refractivity (Wildman–Crippen MR) is 80.7 cm³/mol. The van der Waals surface area contributed by atoms with Crippen LogP contribution in [-0.2, 0) is 10.0 Å². The third-order valence-electron chi connectivity index (χ3n) is 3.73. The molecular formula is C13H18FN3O4S. The number of anilines is 1. The van der Waals surface area contributed by atoms with E-state index in [0.717, 1.165) is 18.2 Å². The van der Waals surface area contributed by atoms with Gasteiger partial charge in [0.25, 0.3) is 5.69 Å². The monoisotopic (exact) mass is 331 g/mol. The maximum atomic E-state index is 13.3. The first-order chi connectivity index (χ1) is 10.3. The van der Waals surface area contributed by atoms with Crippen LogP contribution in [0.1, 0.15) is 19.8 Å². The minimum Gasteiger partial charge on any atom is -0.377 e. The summed E-state index contributed by atoms with van der Waals surface area (Å²) in [6.07, 6.45) is 1.04. The van der Waals surface area contributed by atoms with Gasteiger partial charge in [-0.25, -0.2) is 17.1 Å². The van der Waals surface area contributed by atoms with Crippen LogP contribution in [0.5, 0.6) is 0 Å². The van der Waals surface area contributed by atoms with Crippen molar-refractivity contribution in [2.45, 2.75) is 25.8 Å². The molecule has 1 saturated heterocycles. The standard InChI is InChI=1S/C13H18FN3O4S/c1-2-22(20,21)16-7-5-11(6-8-16)15-12-9-10(14)3-4-13(12)17(18)19/h3-4,9,11,15H,2,5-8H2,1H3. The zero-order valence-corrected chi connectivity index (χ0v) is 13.0. The molecule has 0 radical (unpaired) electrons. The number of nitrogens with one attached hydrogen (secondary N) is 1. The van der Waals surface area contributed by atoms with Crippen molar-refractivity contribution in [2.24, 2.45) is 0 Å². The number of hydrogen-bond acceptors (Lipinski definition) is 5. The molecule has 0 aliphatic carbocycles. The summed E-state index contributed by atoms with van der Waals surface area (Å²) in [5, 5.41) is 13.9. The van der Waals surface area contributed by atoms with Gasteiger partial charge in [-0.2, -0.15) is 0 Å². The number of rotatable bonds is 5. The Bertz CT molecular complexity index is 657. The second-order valence-electron chi connectivity index (χ2n) is 5.14. The molecule has 122 valence electrons. The number of hydrogen-bond donors (Lipinski definition) is 1. The summed E-state index contributed by atoms with van der Waals surface area (Å²) in [7, 11) is -3.21. The maximum Gasteiger partial charge on any atom is 0.292 e. The second kappa shape index (κ2) is 6.57. The van der Waals surface area contributed by atoms with Crippen LogP contribution in [0.2, 0.25) is 0 Å². The Morgan fingerprint density at radius 1 is 1.41 bits per heavy atom. The van der Waals surface area contributed by atoms with E-state index >= 15 is 0 Å². The van der Waals surface area contributed by atoms with Crippen LogP contribution in [0.4, 0.5) is 15.8 Å². The average molecular weight is 331 g/mol. The lowest BCUT2D eigenvalue weighted by atomic mass is 10.1. The number of sulfonamides is 1. The lowest BCUT2D eigenvalue weighted by molar-refractivity contribution is -0.384. The summed E-state index contributed by atoms with van der Waals surface area (Å²) < 4.78 is 38.2. The van der Waals surface area contributed by atoms with Crippen LogP contribution < -0.4 is 5.32 Å². The van der Waals surface area contributed by atoms with E-state index < -0.39 is 20.8 Å². The molecule has 2 rings (SSSR count). The topological polar surface area (TPSA) is 92.6 Å². The fourth-order valence-corrected chi connectivity index (χ4v) is 3.60. The summed E-state index contributed by atoms with van der Waals surface area (Å²) in [6.45, 7) is 2.31. The largest absolute Gasteiger partial charge is 0.377 e. The smallest absolute Gasteiger partial charge is 0.292 e. The van der Waals surface area contributed by atoms with Gasteiger partial charge in [-0.3, -0.25) is 10.1 Å².